The number of hydrogen-bond acceptors (Lipinski definition) is 2. The largest absolute Gasteiger partial charge is 0.338 e. The molecule has 1 heterocycles. The second-order valence-corrected chi connectivity index (χ2v) is 8.76. The number of rotatable bonds is 9. The molecule has 2 aromatic rings. The lowest BCUT2D eigenvalue weighted by molar-refractivity contribution is 0.203. The third kappa shape index (κ3) is 7.41. The van der Waals surface area contributed by atoms with Crippen LogP contribution in [0.1, 0.15) is 42.9 Å². The molecule has 0 spiro atoms. The van der Waals surface area contributed by atoms with Gasteiger partial charge in [-0.25, -0.2) is 4.79 Å². The van der Waals surface area contributed by atoms with E-state index < -0.39 is 0 Å². The van der Waals surface area contributed by atoms with Crippen LogP contribution in [0.3, 0.4) is 0 Å². The zero-order valence-corrected chi connectivity index (χ0v) is 19.5. The fraction of sp³-hybridized carbons (Fsp3) is 0.423. The van der Waals surface area contributed by atoms with Crippen molar-refractivity contribution in [1.82, 2.24) is 15.1 Å². The van der Waals surface area contributed by atoms with E-state index in [0.29, 0.717) is 13.1 Å². The van der Waals surface area contributed by atoms with Gasteiger partial charge in [-0.05, 0) is 67.3 Å². The van der Waals surface area contributed by atoms with Gasteiger partial charge in [-0.1, -0.05) is 67.4 Å². The van der Waals surface area contributed by atoms with Crippen molar-refractivity contribution in [3.05, 3.63) is 76.3 Å². The number of urea groups is 1. The third-order valence-electron chi connectivity index (χ3n) is 5.77. The molecule has 2 amide bonds. The molecule has 5 heteroatoms. The molecule has 1 aliphatic heterocycles. The standard InChI is InChI=1S/C26H34ClN3O/c1-3-4-17-29(2)20-22-7-5-21(6-8-22)13-16-28-26(31)30-18-14-24(15-19-30)23-9-11-25(27)12-10-23/h5-12,14H,3-4,13,15-20H2,1-2H3,(H,28,31). The van der Waals surface area contributed by atoms with Gasteiger partial charge in [0.15, 0.2) is 0 Å². The molecule has 4 nitrogen and oxygen atoms in total. The number of nitrogens with one attached hydrogen (secondary N) is 1. The highest BCUT2D eigenvalue weighted by atomic mass is 35.5. The molecule has 31 heavy (non-hydrogen) atoms. The minimum atomic E-state index is 0.0144. The molecule has 2 aromatic carbocycles. The van der Waals surface area contributed by atoms with Crippen molar-refractivity contribution in [2.45, 2.75) is 39.2 Å². The molecule has 0 aromatic heterocycles. The predicted octanol–water partition coefficient (Wildman–Crippen LogP) is 5.61. The highest BCUT2D eigenvalue weighted by Crippen LogP contribution is 2.23. The minimum absolute atomic E-state index is 0.0144. The van der Waals surface area contributed by atoms with Gasteiger partial charge in [0, 0.05) is 31.2 Å². The number of halogens is 1. The summed E-state index contributed by atoms with van der Waals surface area (Å²) in [6.45, 7) is 6.38. The molecule has 1 aliphatic rings. The Balaban J connectivity index is 1.40. The van der Waals surface area contributed by atoms with Crippen LogP contribution in [0.5, 0.6) is 0 Å². The number of unbranched alkanes of at least 4 members (excludes halogenated alkanes) is 1. The molecule has 166 valence electrons. The van der Waals surface area contributed by atoms with Crippen molar-refractivity contribution in [3.8, 4) is 0 Å². The van der Waals surface area contributed by atoms with Crippen LogP contribution in [0.4, 0.5) is 4.79 Å². The Morgan fingerprint density at radius 3 is 2.45 bits per heavy atom. The van der Waals surface area contributed by atoms with Crippen LogP contribution in [0.15, 0.2) is 54.6 Å². The van der Waals surface area contributed by atoms with Gasteiger partial charge in [0.05, 0.1) is 0 Å². The molecule has 0 unspecified atom stereocenters. The fourth-order valence-corrected chi connectivity index (χ4v) is 3.96. The maximum absolute atomic E-state index is 12.5. The Morgan fingerprint density at radius 1 is 1.10 bits per heavy atom. The predicted molar refractivity (Wildman–Crippen MR) is 130 cm³/mol. The van der Waals surface area contributed by atoms with Crippen LogP contribution in [-0.2, 0) is 13.0 Å². The Kier molecular flexibility index (Phi) is 8.98. The van der Waals surface area contributed by atoms with Crippen LogP contribution in [0.25, 0.3) is 5.57 Å². The van der Waals surface area contributed by atoms with E-state index in [4.69, 9.17) is 11.6 Å². The van der Waals surface area contributed by atoms with Crippen molar-refractivity contribution >= 4 is 23.2 Å². The van der Waals surface area contributed by atoms with Gasteiger partial charge in [0.1, 0.15) is 0 Å². The summed E-state index contributed by atoms with van der Waals surface area (Å²) in [4.78, 5) is 16.7. The van der Waals surface area contributed by atoms with E-state index in [1.54, 1.807) is 0 Å². The summed E-state index contributed by atoms with van der Waals surface area (Å²) >= 11 is 5.97. The van der Waals surface area contributed by atoms with E-state index in [1.807, 2.05) is 29.2 Å². The van der Waals surface area contributed by atoms with E-state index in [9.17, 15) is 4.79 Å². The molecule has 1 N–H and O–H groups in total. The fourth-order valence-electron chi connectivity index (χ4n) is 3.84. The van der Waals surface area contributed by atoms with E-state index in [1.165, 1.54) is 35.1 Å². The molecule has 0 saturated heterocycles. The number of hydrogen-bond donors (Lipinski definition) is 1. The highest BCUT2D eigenvalue weighted by Gasteiger charge is 2.17. The lowest BCUT2D eigenvalue weighted by Crippen LogP contribution is -2.42. The monoisotopic (exact) mass is 439 g/mol. The first-order chi connectivity index (χ1) is 15.0. The molecule has 3 rings (SSSR count). The van der Waals surface area contributed by atoms with Gasteiger partial charge < -0.3 is 15.1 Å². The topological polar surface area (TPSA) is 35.6 Å². The summed E-state index contributed by atoms with van der Waals surface area (Å²) in [6.07, 6.45) is 6.32. The zero-order valence-electron chi connectivity index (χ0n) is 18.7. The van der Waals surface area contributed by atoms with Crippen LogP contribution in [0, 0.1) is 0 Å². The van der Waals surface area contributed by atoms with Gasteiger partial charge >= 0.3 is 6.03 Å². The zero-order chi connectivity index (χ0) is 22.1. The van der Waals surface area contributed by atoms with Crippen molar-refractivity contribution in [1.29, 1.82) is 0 Å². The first kappa shape index (κ1) is 23.4. The Hall–Kier alpha value is -2.30. The smallest absolute Gasteiger partial charge is 0.317 e. The van der Waals surface area contributed by atoms with Crippen molar-refractivity contribution in [2.75, 3.05) is 33.2 Å². The number of benzene rings is 2. The average Bonchev–Trinajstić information content (AvgIpc) is 2.79. The molecule has 0 aliphatic carbocycles. The van der Waals surface area contributed by atoms with Crippen LogP contribution >= 0.6 is 11.6 Å². The molecule has 0 fully saturated rings. The van der Waals surface area contributed by atoms with Crippen LogP contribution in [-0.4, -0.2) is 49.1 Å². The Bertz CT molecular complexity index is 861. The molecule has 0 saturated carbocycles. The van der Waals surface area contributed by atoms with E-state index in [0.717, 1.165) is 37.5 Å². The van der Waals surface area contributed by atoms with Crippen LogP contribution in [0.2, 0.25) is 5.02 Å². The molecule has 0 bridgehead atoms. The van der Waals surface area contributed by atoms with E-state index >= 15 is 0 Å². The first-order valence-electron chi connectivity index (χ1n) is 11.3. The third-order valence-corrected chi connectivity index (χ3v) is 6.02. The molecular weight excluding hydrogens is 406 g/mol. The van der Waals surface area contributed by atoms with E-state index in [-0.39, 0.29) is 6.03 Å². The normalized spacial score (nSPS) is 13.9. The number of carbonyl (C=O) groups excluding carboxylic acids is 1. The maximum atomic E-state index is 12.5. The lowest BCUT2D eigenvalue weighted by Gasteiger charge is -2.27. The quantitative estimate of drug-likeness (QED) is 0.550. The summed E-state index contributed by atoms with van der Waals surface area (Å²) in [5.74, 6) is 0. The summed E-state index contributed by atoms with van der Waals surface area (Å²) in [7, 11) is 2.17. The van der Waals surface area contributed by atoms with Crippen molar-refractivity contribution in [2.24, 2.45) is 0 Å². The van der Waals surface area contributed by atoms with Gasteiger partial charge in [-0.3, -0.25) is 0 Å². The first-order valence-corrected chi connectivity index (χ1v) is 11.7. The summed E-state index contributed by atoms with van der Waals surface area (Å²) in [5, 5.41) is 3.81. The number of amides is 2. The molecule has 0 radical (unpaired) electrons. The number of carbonyl (C=O) groups is 1. The van der Waals surface area contributed by atoms with Gasteiger partial charge in [0.2, 0.25) is 0 Å². The van der Waals surface area contributed by atoms with Crippen LogP contribution < -0.4 is 5.32 Å². The lowest BCUT2D eigenvalue weighted by atomic mass is 10.00. The van der Waals surface area contributed by atoms with Gasteiger partial charge in [-0.2, -0.15) is 0 Å². The molecular formula is C26H34ClN3O. The molecule has 0 atom stereocenters. The summed E-state index contributed by atoms with van der Waals surface area (Å²) < 4.78 is 0. The van der Waals surface area contributed by atoms with E-state index in [2.05, 4.69) is 54.5 Å². The summed E-state index contributed by atoms with van der Waals surface area (Å²) in [5.41, 5.74) is 5.05. The van der Waals surface area contributed by atoms with Gasteiger partial charge in [-0.15, -0.1) is 0 Å². The second-order valence-electron chi connectivity index (χ2n) is 8.32. The van der Waals surface area contributed by atoms with Gasteiger partial charge in [0.25, 0.3) is 0 Å². The van der Waals surface area contributed by atoms with Crippen molar-refractivity contribution in [3.63, 3.8) is 0 Å². The SMILES string of the molecule is CCCCN(C)Cc1ccc(CCNC(=O)N2CC=C(c3ccc(Cl)cc3)CC2)cc1. The average molecular weight is 440 g/mol. The van der Waals surface area contributed by atoms with Crippen molar-refractivity contribution < 1.29 is 4.79 Å². The number of nitrogens with zero attached hydrogens (tertiary/aromatic N) is 2. The maximum Gasteiger partial charge on any atom is 0.317 e. The second kappa shape index (κ2) is 11.9. The minimum Gasteiger partial charge on any atom is -0.338 e. The highest BCUT2D eigenvalue weighted by molar-refractivity contribution is 6.30. The Labute approximate surface area is 191 Å². The Morgan fingerprint density at radius 2 is 1.81 bits per heavy atom. The summed E-state index contributed by atoms with van der Waals surface area (Å²) in [6, 6.07) is 16.7.